The van der Waals surface area contributed by atoms with E-state index in [0.717, 1.165) is 11.3 Å². The highest BCUT2D eigenvalue weighted by atomic mass is 35.5. The van der Waals surface area contributed by atoms with Gasteiger partial charge in [0.15, 0.2) is 0 Å². The molecule has 0 saturated carbocycles. The summed E-state index contributed by atoms with van der Waals surface area (Å²) in [5, 5.41) is 0.477. The molecule has 0 amide bonds. The first kappa shape index (κ1) is 9.45. The van der Waals surface area contributed by atoms with Crippen molar-refractivity contribution in [2.24, 2.45) is 0 Å². The van der Waals surface area contributed by atoms with Crippen molar-refractivity contribution in [3.63, 3.8) is 0 Å². The molecule has 0 bridgehead atoms. The highest BCUT2D eigenvalue weighted by Crippen LogP contribution is 2.10. The zero-order valence-corrected chi connectivity index (χ0v) is 7.76. The molecular formula is C8H10ClNO2. The van der Waals surface area contributed by atoms with Crippen LogP contribution in [-0.2, 0) is 16.4 Å². The minimum atomic E-state index is 0.388. The second-order valence-electron chi connectivity index (χ2n) is 2.37. The van der Waals surface area contributed by atoms with Gasteiger partial charge >= 0.3 is 0 Å². The van der Waals surface area contributed by atoms with Crippen LogP contribution in [0.25, 0.3) is 0 Å². The fourth-order valence-electron chi connectivity index (χ4n) is 0.906. The smallest absolute Gasteiger partial charge is 0.129 e. The molecule has 0 atom stereocenters. The molecule has 0 fully saturated rings. The highest BCUT2D eigenvalue weighted by Gasteiger charge is 1.97. The Morgan fingerprint density at radius 3 is 2.83 bits per heavy atom. The maximum Gasteiger partial charge on any atom is 0.129 e. The summed E-state index contributed by atoms with van der Waals surface area (Å²) in [5.74, 6) is 0. The summed E-state index contributed by atoms with van der Waals surface area (Å²) in [5.41, 5.74) is 1.83. The maximum absolute atomic E-state index is 5.72. The van der Waals surface area contributed by atoms with Crippen LogP contribution in [0.3, 0.4) is 0 Å². The van der Waals surface area contributed by atoms with Crippen LogP contribution in [0.1, 0.15) is 11.3 Å². The molecule has 3 nitrogen and oxygen atoms in total. The summed E-state index contributed by atoms with van der Waals surface area (Å²) in [6.07, 6.45) is 0. The van der Waals surface area contributed by atoms with Crippen LogP contribution in [0.5, 0.6) is 0 Å². The number of nitrogens with zero attached hydrogens (tertiary/aromatic N) is 1. The molecule has 0 aliphatic rings. The first-order valence-electron chi connectivity index (χ1n) is 3.51. The van der Waals surface area contributed by atoms with Crippen molar-refractivity contribution in [3.05, 3.63) is 28.5 Å². The lowest BCUT2D eigenvalue weighted by Crippen LogP contribution is -1.93. The van der Waals surface area contributed by atoms with Crippen molar-refractivity contribution in [2.75, 3.05) is 7.11 Å². The largest absolute Gasteiger partial charge is 0.241 e. The third-order valence-corrected chi connectivity index (χ3v) is 1.52. The fourth-order valence-corrected chi connectivity index (χ4v) is 1.18. The predicted molar refractivity (Wildman–Crippen MR) is 45.8 cm³/mol. The normalized spacial score (nSPS) is 10.2. The first-order valence-corrected chi connectivity index (χ1v) is 3.89. The summed E-state index contributed by atoms with van der Waals surface area (Å²) in [4.78, 5) is 13.2. The lowest BCUT2D eigenvalue weighted by atomic mass is 10.2. The van der Waals surface area contributed by atoms with E-state index in [1.165, 1.54) is 7.11 Å². The molecule has 0 N–H and O–H groups in total. The topological polar surface area (TPSA) is 31.4 Å². The average Bonchev–Trinajstić information content (AvgIpc) is 1.99. The molecule has 1 aromatic rings. The SMILES string of the molecule is COOCc1cc(C)nc(Cl)c1. The average molecular weight is 188 g/mol. The lowest BCUT2D eigenvalue weighted by Gasteiger charge is -2.01. The van der Waals surface area contributed by atoms with Crippen molar-refractivity contribution < 1.29 is 9.78 Å². The third-order valence-electron chi connectivity index (χ3n) is 1.33. The van der Waals surface area contributed by atoms with Gasteiger partial charge in [-0.3, -0.25) is 0 Å². The third kappa shape index (κ3) is 2.77. The molecule has 1 aromatic heterocycles. The second kappa shape index (κ2) is 4.40. The van der Waals surface area contributed by atoms with Gasteiger partial charge in [-0.05, 0) is 24.6 Å². The molecule has 0 aliphatic carbocycles. The van der Waals surface area contributed by atoms with Gasteiger partial charge in [0.05, 0.1) is 7.11 Å². The maximum atomic E-state index is 5.72. The van der Waals surface area contributed by atoms with Gasteiger partial charge in [0.25, 0.3) is 0 Å². The van der Waals surface area contributed by atoms with Crippen LogP contribution < -0.4 is 0 Å². The Morgan fingerprint density at radius 2 is 2.25 bits per heavy atom. The van der Waals surface area contributed by atoms with Crippen LogP contribution in [0, 0.1) is 6.92 Å². The van der Waals surface area contributed by atoms with E-state index >= 15 is 0 Å². The van der Waals surface area contributed by atoms with E-state index in [0.29, 0.717) is 11.8 Å². The number of rotatable bonds is 3. The Morgan fingerprint density at radius 1 is 1.50 bits per heavy atom. The first-order chi connectivity index (χ1) is 5.72. The fraction of sp³-hybridized carbons (Fsp3) is 0.375. The van der Waals surface area contributed by atoms with E-state index < -0.39 is 0 Å². The van der Waals surface area contributed by atoms with E-state index in [4.69, 9.17) is 16.5 Å². The van der Waals surface area contributed by atoms with Crippen LogP contribution >= 0.6 is 11.6 Å². The number of aryl methyl sites for hydroxylation is 1. The van der Waals surface area contributed by atoms with Gasteiger partial charge in [-0.1, -0.05) is 11.6 Å². The Kier molecular flexibility index (Phi) is 3.47. The Hall–Kier alpha value is -0.640. The Bertz CT molecular complexity index is 245. The van der Waals surface area contributed by atoms with Gasteiger partial charge in [-0.2, -0.15) is 0 Å². The molecule has 12 heavy (non-hydrogen) atoms. The van der Waals surface area contributed by atoms with E-state index in [9.17, 15) is 0 Å². The molecule has 0 saturated heterocycles. The monoisotopic (exact) mass is 187 g/mol. The number of halogens is 1. The lowest BCUT2D eigenvalue weighted by molar-refractivity contribution is -0.282. The van der Waals surface area contributed by atoms with E-state index in [2.05, 4.69) is 9.87 Å². The van der Waals surface area contributed by atoms with E-state index in [1.54, 1.807) is 6.07 Å². The van der Waals surface area contributed by atoms with Crippen molar-refractivity contribution in [1.82, 2.24) is 4.98 Å². The predicted octanol–water partition coefficient (Wildman–Crippen LogP) is 2.12. The van der Waals surface area contributed by atoms with Crippen LogP contribution in [0.2, 0.25) is 5.15 Å². The minimum absolute atomic E-state index is 0.388. The molecule has 0 radical (unpaired) electrons. The highest BCUT2D eigenvalue weighted by molar-refractivity contribution is 6.29. The summed E-state index contributed by atoms with van der Waals surface area (Å²) in [6.45, 7) is 2.27. The van der Waals surface area contributed by atoms with E-state index in [1.807, 2.05) is 13.0 Å². The van der Waals surface area contributed by atoms with Crippen molar-refractivity contribution >= 4 is 11.6 Å². The van der Waals surface area contributed by atoms with Gasteiger partial charge in [-0.25, -0.2) is 14.8 Å². The standard InChI is InChI=1S/C8H10ClNO2/c1-6-3-7(5-12-11-2)4-8(9)10-6/h3-4H,5H2,1-2H3. The van der Waals surface area contributed by atoms with Crippen molar-refractivity contribution in [1.29, 1.82) is 0 Å². The number of pyridine rings is 1. The van der Waals surface area contributed by atoms with Gasteiger partial charge in [0.1, 0.15) is 11.8 Å². The van der Waals surface area contributed by atoms with Gasteiger partial charge in [0, 0.05) is 5.69 Å². The van der Waals surface area contributed by atoms with Gasteiger partial charge < -0.3 is 0 Å². The molecule has 1 rings (SSSR count). The van der Waals surface area contributed by atoms with Crippen LogP contribution in [0.4, 0.5) is 0 Å². The molecule has 0 spiro atoms. The summed E-state index contributed by atoms with van der Waals surface area (Å²) in [6, 6.07) is 3.64. The van der Waals surface area contributed by atoms with Crippen LogP contribution in [-0.4, -0.2) is 12.1 Å². The number of hydrogen-bond acceptors (Lipinski definition) is 3. The van der Waals surface area contributed by atoms with E-state index in [-0.39, 0.29) is 0 Å². The van der Waals surface area contributed by atoms with Crippen LogP contribution in [0.15, 0.2) is 12.1 Å². The zero-order valence-electron chi connectivity index (χ0n) is 7.00. The van der Waals surface area contributed by atoms with Gasteiger partial charge in [0.2, 0.25) is 0 Å². The minimum Gasteiger partial charge on any atom is -0.241 e. The second-order valence-corrected chi connectivity index (χ2v) is 2.76. The molecule has 66 valence electrons. The molecule has 0 unspecified atom stereocenters. The Labute approximate surface area is 76.2 Å². The molecular weight excluding hydrogens is 178 g/mol. The summed E-state index contributed by atoms with van der Waals surface area (Å²) < 4.78 is 0. The number of hydrogen-bond donors (Lipinski definition) is 0. The molecule has 0 aliphatic heterocycles. The zero-order chi connectivity index (χ0) is 8.97. The molecule has 4 heteroatoms. The quantitative estimate of drug-likeness (QED) is 0.413. The summed E-state index contributed by atoms with van der Waals surface area (Å²) in [7, 11) is 1.47. The molecule has 0 aromatic carbocycles. The number of aromatic nitrogens is 1. The van der Waals surface area contributed by atoms with Gasteiger partial charge in [-0.15, -0.1) is 0 Å². The molecule has 1 heterocycles. The van der Waals surface area contributed by atoms with Crippen molar-refractivity contribution in [3.8, 4) is 0 Å². The Balaban J connectivity index is 2.72. The summed E-state index contributed by atoms with van der Waals surface area (Å²) >= 11 is 5.72. The van der Waals surface area contributed by atoms with Crippen molar-refractivity contribution in [2.45, 2.75) is 13.5 Å².